The van der Waals surface area contributed by atoms with Crippen molar-refractivity contribution in [3.05, 3.63) is 60.2 Å². The standard InChI is InChI=1S/C22H22N2O6/c1-3-27-18-6-4-5-7-19(18)28-14-22(26)29-13-20(25)23-21-12-17(24-30-21)16-10-8-15(2)9-11-16/h4-12H,3,13-14H2,1-2H3,(H,23,25). The molecule has 0 fully saturated rings. The van der Waals surface area contributed by atoms with Crippen molar-refractivity contribution in [2.45, 2.75) is 13.8 Å². The van der Waals surface area contributed by atoms with Gasteiger partial charge in [0.2, 0.25) is 5.88 Å². The summed E-state index contributed by atoms with van der Waals surface area (Å²) in [5, 5.41) is 6.41. The third-order valence-corrected chi connectivity index (χ3v) is 3.98. The van der Waals surface area contributed by atoms with Crippen molar-refractivity contribution in [3.63, 3.8) is 0 Å². The zero-order valence-electron chi connectivity index (χ0n) is 16.7. The Labute approximate surface area is 173 Å². The topological polar surface area (TPSA) is 99.9 Å². The first kappa shape index (κ1) is 20.9. The molecule has 1 N–H and O–H groups in total. The number of nitrogens with zero attached hydrogens (tertiary/aromatic N) is 1. The second-order valence-corrected chi connectivity index (χ2v) is 6.32. The lowest BCUT2D eigenvalue weighted by Gasteiger charge is -2.11. The van der Waals surface area contributed by atoms with Crippen LogP contribution >= 0.6 is 0 Å². The highest BCUT2D eigenvalue weighted by Crippen LogP contribution is 2.26. The number of carbonyl (C=O) groups is 2. The fourth-order valence-corrected chi connectivity index (χ4v) is 2.54. The van der Waals surface area contributed by atoms with Gasteiger partial charge in [0.1, 0.15) is 5.69 Å². The number of benzene rings is 2. The fraction of sp³-hybridized carbons (Fsp3) is 0.227. The Balaban J connectivity index is 1.44. The number of para-hydroxylation sites is 2. The Bertz CT molecular complexity index is 997. The molecule has 1 amide bonds. The Kier molecular flexibility index (Phi) is 7.05. The summed E-state index contributed by atoms with van der Waals surface area (Å²) in [7, 11) is 0. The number of hydrogen-bond acceptors (Lipinski definition) is 7. The van der Waals surface area contributed by atoms with E-state index < -0.39 is 18.5 Å². The second kappa shape index (κ2) is 10.1. The third-order valence-electron chi connectivity index (χ3n) is 3.98. The predicted octanol–water partition coefficient (Wildman–Crippen LogP) is 3.61. The smallest absolute Gasteiger partial charge is 0.344 e. The molecule has 0 bridgehead atoms. The molecule has 0 saturated heterocycles. The molecule has 0 spiro atoms. The number of anilines is 1. The highest BCUT2D eigenvalue weighted by atomic mass is 16.6. The van der Waals surface area contributed by atoms with Gasteiger partial charge >= 0.3 is 5.97 Å². The summed E-state index contributed by atoms with van der Waals surface area (Å²) >= 11 is 0. The van der Waals surface area contributed by atoms with Gasteiger partial charge in [0.25, 0.3) is 5.91 Å². The van der Waals surface area contributed by atoms with Crippen LogP contribution in [0.5, 0.6) is 11.5 Å². The zero-order valence-corrected chi connectivity index (χ0v) is 16.7. The van der Waals surface area contributed by atoms with Gasteiger partial charge in [-0.15, -0.1) is 0 Å². The van der Waals surface area contributed by atoms with Crippen LogP contribution < -0.4 is 14.8 Å². The molecule has 0 aliphatic heterocycles. The number of esters is 1. The summed E-state index contributed by atoms with van der Waals surface area (Å²) in [6.45, 7) is 3.48. The highest BCUT2D eigenvalue weighted by Gasteiger charge is 2.13. The minimum absolute atomic E-state index is 0.161. The second-order valence-electron chi connectivity index (χ2n) is 6.32. The van der Waals surface area contributed by atoms with Gasteiger partial charge in [0, 0.05) is 11.6 Å². The van der Waals surface area contributed by atoms with E-state index in [4.69, 9.17) is 18.7 Å². The molecule has 1 aromatic heterocycles. The summed E-state index contributed by atoms with van der Waals surface area (Å²) in [4.78, 5) is 23.8. The summed E-state index contributed by atoms with van der Waals surface area (Å²) in [5.74, 6) is -0.126. The normalized spacial score (nSPS) is 10.3. The van der Waals surface area contributed by atoms with E-state index in [1.807, 2.05) is 38.1 Å². The fourth-order valence-electron chi connectivity index (χ4n) is 2.54. The number of rotatable bonds is 9. The van der Waals surface area contributed by atoms with Crippen LogP contribution in [0.25, 0.3) is 11.3 Å². The number of ether oxygens (including phenoxy) is 3. The third kappa shape index (κ3) is 5.84. The van der Waals surface area contributed by atoms with Gasteiger partial charge in [0.05, 0.1) is 6.61 Å². The maximum atomic E-state index is 12.0. The Morgan fingerprint density at radius 2 is 1.70 bits per heavy atom. The summed E-state index contributed by atoms with van der Waals surface area (Å²) in [6.07, 6.45) is 0. The van der Waals surface area contributed by atoms with Crippen LogP contribution in [-0.4, -0.2) is 36.9 Å². The van der Waals surface area contributed by atoms with E-state index in [-0.39, 0.29) is 12.5 Å². The molecule has 0 saturated carbocycles. The molecule has 2 aromatic carbocycles. The molecule has 0 unspecified atom stereocenters. The van der Waals surface area contributed by atoms with E-state index >= 15 is 0 Å². The van der Waals surface area contributed by atoms with Crippen molar-refractivity contribution in [2.24, 2.45) is 0 Å². The van der Waals surface area contributed by atoms with E-state index in [0.29, 0.717) is 23.8 Å². The molecular formula is C22H22N2O6. The molecule has 1 heterocycles. The van der Waals surface area contributed by atoms with Gasteiger partial charge in [0.15, 0.2) is 24.7 Å². The zero-order chi connectivity index (χ0) is 21.3. The van der Waals surface area contributed by atoms with Crippen molar-refractivity contribution < 1.29 is 28.3 Å². The molecule has 8 nitrogen and oxygen atoms in total. The molecule has 30 heavy (non-hydrogen) atoms. The van der Waals surface area contributed by atoms with Crippen LogP contribution in [0.15, 0.2) is 59.1 Å². The Morgan fingerprint density at radius 3 is 2.40 bits per heavy atom. The highest BCUT2D eigenvalue weighted by molar-refractivity contribution is 5.92. The number of aromatic nitrogens is 1. The van der Waals surface area contributed by atoms with Crippen molar-refractivity contribution >= 4 is 17.8 Å². The van der Waals surface area contributed by atoms with Gasteiger partial charge in [-0.2, -0.15) is 0 Å². The molecule has 3 rings (SSSR count). The molecule has 3 aromatic rings. The van der Waals surface area contributed by atoms with E-state index in [1.165, 1.54) is 0 Å². The van der Waals surface area contributed by atoms with Crippen molar-refractivity contribution in [1.82, 2.24) is 5.16 Å². The van der Waals surface area contributed by atoms with Crippen molar-refractivity contribution in [2.75, 3.05) is 25.1 Å². The molecule has 8 heteroatoms. The summed E-state index contributed by atoms with van der Waals surface area (Å²) < 4.78 is 20.8. The first-order valence-electron chi connectivity index (χ1n) is 9.39. The first-order valence-corrected chi connectivity index (χ1v) is 9.39. The van der Waals surface area contributed by atoms with Gasteiger partial charge in [-0.25, -0.2) is 4.79 Å². The molecular weight excluding hydrogens is 388 g/mol. The van der Waals surface area contributed by atoms with E-state index in [1.54, 1.807) is 30.3 Å². The number of hydrogen-bond donors (Lipinski definition) is 1. The van der Waals surface area contributed by atoms with Gasteiger partial charge in [-0.1, -0.05) is 47.1 Å². The predicted molar refractivity (Wildman–Crippen MR) is 109 cm³/mol. The van der Waals surface area contributed by atoms with Gasteiger partial charge in [-0.05, 0) is 26.0 Å². The first-order chi connectivity index (χ1) is 14.5. The molecule has 0 aliphatic rings. The van der Waals surface area contributed by atoms with Crippen molar-refractivity contribution in [3.8, 4) is 22.8 Å². The molecule has 0 aliphatic carbocycles. The Hall–Kier alpha value is -3.81. The average molecular weight is 410 g/mol. The number of nitrogens with one attached hydrogen (secondary N) is 1. The van der Waals surface area contributed by atoms with Crippen LogP contribution in [0, 0.1) is 6.92 Å². The van der Waals surface area contributed by atoms with E-state index in [0.717, 1.165) is 11.1 Å². The van der Waals surface area contributed by atoms with Gasteiger partial charge in [-0.3, -0.25) is 10.1 Å². The number of aryl methyl sites for hydroxylation is 1. The van der Waals surface area contributed by atoms with Crippen LogP contribution in [0.4, 0.5) is 5.88 Å². The lowest BCUT2D eigenvalue weighted by molar-refractivity contribution is -0.149. The molecule has 0 atom stereocenters. The van der Waals surface area contributed by atoms with Crippen LogP contribution in [0.2, 0.25) is 0 Å². The van der Waals surface area contributed by atoms with Crippen LogP contribution in [0.1, 0.15) is 12.5 Å². The maximum Gasteiger partial charge on any atom is 0.344 e. The average Bonchev–Trinajstić information content (AvgIpc) is 3.20. The van der Waals surface area contributed by atoms with Crippen LogP contribution in [-0.2, 0) is 14.3 Å². The van der Waals surface area contributed by atoms with E-state index in [2.05, 4.69) is 10.5 Å². The largest absolute Gasteiger partial charge is 0.490 e. The van der Waals surface area contributed by atoms with Crippen LogP contribution in [0.3, 0.4) is 0 Å². The monoisotopic (exact) mass is 410 g/mol. The molecule has 0 radical (unpaired) electrons. The number of carbonyl (C=O) groups excluding carboxylic acids is 2. The Morgan fingerprint density at radius 1 is 1.00 bits per heavy atom. The maximum absolute atomic E-state index is 12.0. The number of amides is 1. The SMILES string of the molecule is CCOc1ccccc1OCC(=O)OCC(=O)Nc1cc(-c2ccc(C)cc2)no1. The summed E-state index contributed by atoms with van der Waals surface area (Å²) in [6, 6.07) is 16.3. The van der Waals surface area contributed by atoms with E-state index in [9.17, 15) is 9.59 Å². The quantitative estimate of drug-likeness (QED) is 0.538. The minimum atomic E-state index is -0.686. The minimum Gasteiger partial charge on any atom is -0.490 e. The summed E-state index contributed by atoms with van der Waals surface area (Å²) in [5.41, 5.74) is 2.58. The molecule has 156 valence electrons. The van der Waals surface area contributed by atoms with Crippen molar-refractivity contribution in [1.29, 1.82) is 0 Å². The lowest BCUT2D eigenvalue weighted by Crippen LogP contribution is -2.23. The van der Waals surface area contributed by atoms with Gasteiger partial charge < -0.3 is 18.7 Å². The lowest BCUT2D eigenvalue weighted by atomic mass is 10.1.